The van der Waals surface area contributed by atoms with Crippen molar-refractivity contribution in [2.45, 2.75) is 19.1 Å². The number of imidazole rings is 1. The van der Waals surface area contributed by atoms with Gasteiger partial charge in [-0.15, -0.1) is 0 Å². The molecule has 0 saturated heterocycles. The maximum atomic E-state index is 12.8. The lowest BCUT2D eigenvalue weighted by Gasteiger charge is -2.19. The highest BCUT2D eigenvalue weighted by Gasteiger charge is 2.16. The highest BCUT2D eigenvalue weighted by atomic mass is 16.3. The number of carbonyl (C=O) groups excluding carboxylic acids is 1. The molecule has 1 unspecified atom stereocenters. The topological polar surface area (TPSA) is 84.1 Å². The predicted molar refractivity (Wildman–Crippen MR) is 114 cm³/mol. The lowest BCUT2D eigenvalue weighted by Crippen LogP contribution is -2.28. The lowest BCUT2D eigenvalue weighted by molar-refractivity contribution is 0.0761. The second kappa shape index (κ2) is 8.84. The number of aliphatic hydroxyl groups is 1. The van der Waals surface area contributed by atoms with Gasteiger partial charge in [-0.25, -0.2) is 9.97 Å². The fourth-order valence-corrected chi connectivity index (χ4v) is 3.35. The Morgan fingerprint density at radius 2 is 1.97 bits per heavy atom. The number of rotatable bonds is 7. The van der Waals surface area contributed by atoms with E-state index >= 15 is 0 Å². The number of hydrogen-bond acceptors (Lipinski definition) is 5. The van der Waals surface area contributed by atoms with Gasteiger partial charge in [-0.3, -0.25) is 9.78 Å². The predicted octanol–water partition coefficient (Wildman–Crippen LogP) is 3.07. The Morgan fingerprint density at radius 3 is 2.73 bits per heavy atom. The van der Waals surface area contributed by atoms with E-state index in [4.69, 9.17) is 0 Å². The summed E-state index contributed by atoms with van der Waals surface area (Å²) in [5.74, 6) is -0.147. The van der Waals surface area contributed by atoms with Crippen molar-refractivity contribution in [3.8, 4) is 0 Å². The number of benzene rings is 1. The molecule has 3 heterocycles. The second-order valence-electron chi connectivity index (χ2n) is 7.24. The smallest absolute Gasteiger partial charge is 0.255 e. The van der Waals surface area contributed by atoms with Crippen LogP contribution in [0.1, 0.15) is 34.0 Å². The van der Waals surface area contributed by atoms with Crippen LogP contribution in [0.15, 0.2) is 73.4 Å². The van der Waals surface area contributed by atoms with Gasteiger partial charge in [-0.05, 0) is 29.7 Å². The number of amides is 1. The van der Waals surface area contributed by atoms with E-state index in [-0.39, 0.29) is 5.91 Å². The van der Waals surface area contributed by atoms with Gasteiger partial charge in [-0.2, -0.15) is 0 Å². The van der Waals surface area contributed by atoms with Crippen molar-refractivity contribution < 1.29 is 9.90 Å². The lowest BCUT2D eigenvalue weighted by atomic mass is 10.1. The standard InChI is InChI=1S/C23H23N5O2/c1-27(11-9-21(29)18-7-3-2-4-8-18)23(30)19-12-20-22(25-14-19)28(16-26-20)15-17-6-5-10-24-13-17/h2-8,10,12-14,16,21,29H,9,11,15H2,1H3. The van der Waals surface area contributed by atoms with Gasteiger partial charge in [0.05, 0.1) is 24.5 Å². The molecule has 0 aliphatic rings. The first-order valence-electron chi connectivity index (χ1n) is 9.80. The molecule has 1 N–H and O–H groups in total. The first kappa shape index (κ1) is 19.7. The summed E-state index contributed by atoms with van der Waals surface area (Å²) in [6, 6.07) is 15.1. The maximum Gasteiger partial charge on any atom is 0.255 e. The van der Waals surface area contributed by atoms with Gasteiger partial charge in [-0.1, -0.05) is 36.4 Å². The Kier molecular flexibility index (Phi) is 5.81. The fraction of sp³-hybridized carbons (Fsp3) is 0.217. The zero-order valence-electron chi connectivity index (χ0n) is 16.7. The molecule has 0 fully saturated rings. The molecule has 152 valence electrons. The van der Waals surface area contributed by atoms with Crippen LogP contribution < -0.4 is 0 Å². The summed E-state index contributed by atoms with van der Waals surface area (Å²) in [4.78, 5) is 27.4. The second-order valence-corrected chi connectivity index (χ2v) is 7.24. The summed E-state index contributed by atoms with van der Waals surface area (Å²) in [7, 11) is 1.73. The van der Waals surface area contributed by atoms with Crippen LogP contribution in [0, 0.1) is 0 Å². The van der Waals surface area contributed by atoms with E-state index in [1.807, 2.05) is 53.2 Å². The van der Waals surface area contributed by atoms with Gasteiger partial charge >= 0.3 is 0 Å². The van der Waals surface area contributed by atoms with Crippen molar-refractivity contribution in [3.63, 3.8) is 0 Å². The van der Waals surface area contributed by atoms with E-state index in [0.29, 0.717) is 30.6 Å². The Labute approximate surface area is 174 Å². The van der Waals surface area contributed by atoms with E-state index in [2.05, 4.69) is 15.0 Å². The van der Waals surface area contributed by atoms with Crippen molar-refractivity contribution in [1.82, 2.24) is 24.4 Å². The van der Waals surface area contributed by atoms with Crippen molar-refractivity contribution in [3.05, 3.63) is 90.1 Å². The molecule has 4 rings (SSSR count). The molecule has 1 atom stereocenters. The van der Waals surface area contributed by atoms with E-state index in [1.54, 1.807) is 36.7 Å². The van der Waals surface area contributed by atoms with Crippen LogP contribution in [0.2, 0.25) is 0 Å². The average molecular weight is 401 g/mol. The number of nitrogens with zero attached hydrogens (tertiary/aromatic N) is 5. The van der Waals surface area contributed by atoms with Crippen molar-refractivity contribution >= 4 is 17.1 Å². The van der Waals surface area contributed by atoms with Crippen LogP contribution in [0.25, 0.3) is 11.2 Å². The van der Waals surface area contributed by atoms with Gasteiger partial charge in [0, 0.05) is 32.2 Å². The summed E-state index contributed by atoms with van der Waals surface area (Å²) in [5, 5.41) is 10.3. The monoisotopic (exact) mass is 401 g/mol. The molecule has 3 aromatic heterocycles. The Bertz CT molecular complexity index is 1130. The minimum atomic E-state index is -0.606. The number of aliphatic hydroxyl groups excluding tert-OH is 1. The quantitative estimate of drug-likeness (QED) is 0.514. The van der Waals surface area contributed by atoms with Gasteiger partial charge in [0.2, 0.25) is 0 Å². The van der Waals surface area contributed by atoms with Crippen LogP contribution in [-0.4, -0.2) is 49.0 Å². The summed E-state index contributed by atoms with van der Waals surface area (Å²) < 4.78 is 1.93. The van der Waals surface area contributed by atoms with Gasteiger partial charge in [0.25, 0.3) is 5.91 Å². The SMILES string of the molecule is CN(CCC(O)c1ccccc1)C(=O)c1cnc2c(c1)ncn2Cc1cccnc1. The van der Waals surface area contributed by atoms with Crippen molar-refractivity contribution in [2.75, 3.05) is 13.6 Å². The number of fused-ring (bicyclic) bond motifs is 1. The minimum absolute atomic E-state index is 0.147. The highest BCUT2D eigenvalue weighted by molar-refractivity contribution is 5.96. The molecule has 0 aliphatic carbocycles. The molecule has 0 saturated carbocycles. The molecule has 30 heavy (non-hydrogen) atoms. The third-order valence-electron chi connectivity index (χ3n) is 5.05. The van der Waals surface area contributed by atoms with E-state index in [0.717, 1.165) is 16.8 Å². The van der Waals surface area contributed by atoms with Crippen molar-refractivity contribution in [2.24, 2.45) is 0 Å². The van der Waals surface area contributed by atoms with Gasteiger partial charge in [0.15, 0.2) is 5.65 Å². The molecule has 7 heteroatoms. The summed E-state index contributed by atoms with van der Waals surface area (Å²) >= 11 is 0. The van der Waals surface area contributed by atoms with Crippen molar-refractivity contribution in [1.29, 1.82) is 0 Å². The number of hydrogen-bond donors (Lipinski definition) is 1. The highest BCUT2D eigenvalue weighted by Crippen LogP contribution is 2.18. The summed E-state index contributed by atoms with van der Waals surface area (Å²) in [6.07, 6.45) is 6.70. The van der Waals surface area contributed by atoms with Gasteiger partial charge < -0.3 is 14.6 Å². The number of aromatic nitrogens is 4. The zero-order chi connectivity index (χ0) is 20.9. The molecule has 7 nitrogen and oxygen atoms in total. The van der Waals surface area contributed by atoms with Crippen LogP contribution in [0.4, 0.5) is 0 Å². The Hall–Kier alpha value is -3.58. The van der Waals surface area contributed by atoms with Crippen LogP contribution in [0.3, 0.4) is 0 Å². The largest absolute Gasteiger partial charge is 0.388 e. The van der Waals surface area contributed by atoms with Gasteiger partial charge in [0.1, 0.15) is 5.52 Å². The molecule has 4 aromatic rings. The first-order valence-corrected chi connectivity index (χ1v) is 9.80. The molecule has 1 amide bonds. The average Bonchev–Trinajstić information content (AvgIpc) is 3.20. The third-order valence-corrected chi connectivity index (χ3v) is 5.05. The first-order chi connectivity index (χ1) is 14.6. The number of carbonyl (C=O) groups is 1. The maximum absolute atomic E-state index is 12.8. The normalized spacial score (nSPS) is 12.1. The number of pyridine rings is 2. The molecular formula is C23H23N5O2. The summed E-state index contributed by atoms with van der Waals surface area (Å²) in [5.41, 5.74) is 3.77. The van der Waals surface area contributed by atoms with Crippen LogP contribution in [-0.2, 0) is 6.54 Å². The summed E-state index contributed by atoms with van der Waals surface area (Å²) in [6.45, 7) is 1.05. The Balaban J connectivity index is 1.43. The fourth-order valence-electron chi connectivity index (χ4n) is 3.35. The van der Waals surface area contributed by atoms with Crippen LogP contribution >= 0.6 is 0 Å². The molecule has 1 aromatic carbocycles. The molecular weight excluding hydrogens is 378 g/mol. The van der Waals surface area contributed by atoms with E-state index in [9.17, 15) is 9.90 Å². The Morgan fingerprint density at radius 1 is 1.13 bits per heavy atom. The van der Waals surface area contributed by atoms with Crippen LogP contribution in [0.5, 0.6) is 0 Å². The molecule has 0 bridgehead atoms. The molecule has 0 spiro atoms. The molecule has 0 aliphatic heterocycles. The van der Waals surface area contributed by atoms with E-state index in [1.165, 1.54) is 0 Å². The van der Waals surface area contributed by atoms with E-state index < -0.39 is 6.10 Å². The molecule has 0 radical (unpaired) electrons. The zero-order valence-corrected chi connectivity index (χ0v) is 16.7. The minimum Gasteiger partial charge on any atom is -0.388 e. The third kappa shape index (κ3) is 4.36.